The zero-order valence-electron chi connectivity index (χ0n) is 12.3. The van der Waals surface area contributed by atoms with Crippen LogP contribution in [0.1, 0.15) is 6.92 Å². The summed E-state index contributed by atoms with van der Waals surface area (Å²) in [6.45, 7) is 9.91. The van der Waals surface area contributed by atoms with E-state index < -0.39 is 8.07 Å². The summed E-state index contributed by atoms with van der Waals surface area (Å²) in [5.41, 5.74) is 0. The van der Waals surface area contributed by atoms with Crippen LogP contribution in [-0.4, -0.2) is 13.4 Å². The maximum atomic E-state index is 2.48. The molecule has 1 unspecified atom stereocenters. The van der Waals surface area contributed by atoms with Crippen molar-refractivity contribution in [2.45, 2.75) is 31.8 Å². The van der Waals surface area contributed by atoms with Gasteiger partial charge in [0, 0.05) is 0 Å². The largest absolute Gasteiger partial charge is 0.0691 e. The second-order valence-electron chi connectivity index (χ2n) is 6.08. The van der Waals surface area contributed by atoms with Gasteiger partial charge in [-0.15, -0.1) is 0 Å². The Morgan fingerprint density at radius 3 is 1.42 bits per heavy atom. The van der Waals surface area contributed by atoms with Gasteiger partial charge >= 0.3 is 0 Å². The number of benzene rings is 2. The Morgan fingerprint density at radius 1 is 0.737 bits per heavy atom. The molecule has 0 aliphatic rings. The normalized spacial score (nSPS) is 13.5. The Balaban J connectivity index is 2.46. The van der Waals surface area contributed by atoms with Crippen molar-refractivity contribution < 1.29 is 0 Å². The third-order valence-electron chi connectivity index (χ3n) is 3.71. The summed E-state index contributed by atoms with van der Waals surface area (Å²) in [7, 11) is -1.40. The van der Waals surface area contributed by atoms with Crippen molar-refractivity contribution in [3.05, 3.63) is 60.7 Å². The zero-order chi connectivity index (χ0) is 13.9. The minimum absolute atomic E-state index is 0.238. The van der Waals surface area contributed by atoms with Crippen LogP contribution in [0.15, 0.2) is 60.7 Å². The maximum Gasteiger partial charge on any atom is 0.0524 e. The zero-order valence-corrected chi connectivity index (χ0v) is 14.2. The van der Waals surface area contributed by atoms with Gasteiger partial charge in [0.05, 0.1) is 8.07 Å². The fourth-order valence-electron chi connectivity index (χ4n) is 2.16. The molecular formula is C17H23PSi. The lowest BCUT2D eigenvalue weighted by atomic mass is 10.4. The molecule has 0 spiro atoms. The van der Waals surface area contributed by atoms with Gasteiger partial charge in [-0.1, -0.05) is 87.2 Å². The molecule has 0 amide bonds. The fourth-order valence-corrected chi connectivity index (χ4v) is 8.33. The van der Waals surface area contributed by atoms with Crippen LogP contribution < -0.4 is 10.6 Å². The van der Waals surface area contributed by atoms with Crippen molar-refractivity contribution in [3.8, 4) is 0 Å². The molecule has 0 radical (unpaired) electrons. The lowest BCUT2D eigenvalue weighted by molar-refractivity contribution is 1.28. The molecular weight excluding hydrogens is 263 g/mol. The predicted octanol–water partition coefficient (Wildman–Crippen LogP) is 4.39. The molecule has 0 heterocycles. The Hall–Kier alpha value is -0.913. The first kappa shape index (κ1) is 14.5. The van der Waals surface area contributed by atoms with Gasteiger partial charge in [-0.25, -0.2) is 0 Å². The molecule has 0 aromatic heterocycles. The molecule has 0 bridgehead atoms. The van der Waals surface area contributed by atoms with E-state index in [1.807, 2.05) is 0 Å². The fraction of sp³-hybridized carbons (Fsp3) is 0.294. The minimum Gasteiger partial charge on any atom is -0.0691 e. The van der Waals surface area contributed by atoms with E-state index in [-0.39, 0.29) is 7.92 Å². The molecule has 2 aromatic carbocycles. The minimum atomic E-state index is -1.16. The van der Waals surface area contributed by atoms with Crippen LogP contribution in [0.2, 0.25) is 19.6 Å². The van der Waals surface area contributed by atoms with Crippen molar-refractivity contribution in [1.29, 1.82) is 0 Å². The SMILES string of the molecule is CC(P(c1ccccc1)c1ccccc1)[Si](C)(C)C. The van der Waals surface area contributed by atoms with Crippen LogP contribution in [0, 0.1) is 0 Å². The van der Waals surface area contributed by atoms with E-state index in [9.17, 15) is 0 Å². The second kappa shape index (κ2) is 6.03. The van der Waals surface area contributed by atoms with Crippen LogP contribution in [0.25, 0.3) is 0 Å². The van der Waals surface area contributed by atoms with Crippen molar-refractivity contribution in [3.63, 3.8) is 0 Å². The molecule has 0 saturated carbocycles. The molecule has 0 aliphatic carbocycles. The van der Waals surface area contributed by atoms with Gasteiger partial charge in [0.15, 0.2) is 0 Å². The van der Waals surface area contributed by atoms with E-state index >= 15 is 0 Å². The first-order valence-electron chi connectivity index (χ1n) is 6.89. The van der Waals surface area contributed by atoms with Crippen LogP contribution in [0.3, 0.4) is 0 Å². The molecule has 2 heteroatoms. The average molecular weight is 286 g/mol. The summed E-state index contributed by atoms with van der Waals surface area (Å²) in [5, 5.41) is 3.81. The maximum absolute atomic E-state index is 2.48. The van der Waals surface area contributed by atoms with Gasteiger partial charge in [0.1, 0.15) is 0 Å². The van der Waals surface area contributed by atoms with Crippen molar-refractivity contribution in [2.75, 3.05) is 0 Å². The first-order valence-corrected chi connectivity index (χ1v) is 11.9. The summed E-state index contributed by atoms with van der Waals surface area (Å²) < 4.78 is 0. The number of hydrogen-bond donors (Lipinski definition) is 0. The quantitative estimate of drug-likeness (QED) is 0.578. The van der Waals surface area contributed by atoms with E-state index in [1.165, 1.54) is 10.6 Å². The topological polar surface area (TPSA) is 0 Å². The number of hydrogen-bond acceptors (Lipinski definition) is 0. The van der Waals surface area contributed by atoms with E-state index in [1.54, 1.807) is 0 Å². The Kier molecular flexibility index (Phi) is 4.60. The predicted molar refractivity (Wildman–Crippen MR) is 91.9 cm³/mol. The highest BCUT2D eigenvalue weighted by Crippen LogP contribution is 2.43. The first-order chi connectivity index (χ1) is 9.00. The molecule has 0 saturated heterocycles. The van der Waals surface area contributed by atoms with E-state index in [0.717, 1.165) is 5.28 Å². The Labute approximate surface area is 119 Å². The molecule has 0 N–H and O–H groups in total. The van der Waals surface area contributed by atoms with Gasteiger partial charge in [-0.3, -0.25) is 0 Å². The Morgan fingerprint density at radius 2 is 1.11 bits per heavy atom. The van der Waals surface area contributed by atoms with Crippen LogP contribution in [0.4, 0.5) is 0 Å². The van der Waals surface area contributed by atoms with Crippen molar-refractivity contribution in [1.82, 2.24) is 0 Å². The van der Waals surface area contributed by atoms with Gasteiger partial charge < -0.3 is 0 Å². The molecule has 0 fully saturated rings. The third kappa shape index (κ3) is 3.55. The molecule has 100 valence electrons. The summed E-state index contributed by atoms with van der Waals surface area (Å²) >= 11 is 0. The summed E-state index contributed by atoms with van der Waals surface area (Å²) in [4.78, 5) is 0. The smallest absolute Gasteiger partial charge is 0.0524 e. The third-order valence-corrected chi connectivity index (χ3v) is 11.8. The molecule has 19 heavy (non-hydrogen) atoms. The van der Waals surface area contributed by atoms with Gasteiger partial charge in [0.2, 0.25) is 0 Å². The highest BCUT2D eigenvalue weighted by atomic mass is 31.1. The van der Waals surface area contributed by atoms with Crippen LogP contribution in [-0.2, 0) is 0 Å². The van der Waals surface area contributed by atoms with Crippen molar-refractivity contribution >= 4 is 26.6 Å². The van der Waals surface area contributed by atoms with E-state index in [2.05, 4.69) is 87.2 Å². The summed E-state index contributed by atoms with van der Waals surface area (Å²) in [6.07, 6.45) is 0. The molecule has 2 aromatic rings. The molecule has 2 rings (SSSR count). The highest BCUT2D eigenvalue weighted by Gasteiger charge is 2.31. The van der Waals surface area contributed by atoms with E-state index in [4.69, 9.17) is 0 Å². The summed E-state index contributed by atoms with van der Waals surface area (Å²) in [5.74, 6) is 0. The van der Waals surface area contributed by atoms with Gasteiger partial charge in [-0.2, -0.15) is 0 Å². The molecule has 0 aliphatic heterocycles. The standard InChI is InChI=1S/C17H23PSi/c1-15(19(2,3)4)18(16-11-7-5-8-12-16)17-13-9-6-10-14-17/h5-15H,1-4H3. The molecule has 1 atom stereocenters. The second-order valence-corrected chi connectivity index (χ2v) is 14.7. The van der Waals surface area contributed by atoms with Crippen molar-refractivity contribution in [2.24, 2.45) is 0 Å². The average Bonchev–Trinajstić information content (AvgIpc) is 2.40. The van der Waals surface area contributed by atoms with Gasteiger partial charge in [-0.05, 0) is 23.8 Å². The highest BCUT2D eigenvalue weighted by molar-refractivity contribution is 7.75. The lowest BCUT2D eigenvalue weighted by Gasteiger charge is -2.34. The van der Waals surface area contributed by atoms with Crippen LogP contribution >= 0.6 is 7.92 Å². The van der Waals surface area contributed by atoms with Gasteiger partial charge in [0.25, 0.3) is 0 Å². The number of rotatable bonds is 4. The summed E-state index contributed by atoms with van der Waals surface area (Å²) in [6, 6.07) is 22.1. The lowest BCUT2D eigenvalue weighted by Crippen LogP contribution is -2.38. The molecule has 0 nitrogen and oxygen atoms in total. The Bertz CT molecular complexity index is 462. The van der Waals surface area contributed by atoms with E-state index in [0.29, 0.717) is 0 Å². The van der Waals surface area contributed by atoms with Crippen LogP contribution in [0.5, 0.6) is 0 Å². The monoisotopic (exact) mass is 286 g/mol.